The van der Waals surface area contributed by atoms with Gasteiger partial charge >= 0.3 is 0 Å². The highest BCUT2D eigenvalue weighted by Crippen LogP contribution is 2.27. The maximum atomic E-state index is 12.7. The number of guanidine groups is 1. The van der Waals surface area contributed by atoms with Crippen molar-refractivity contribution in [3.63, 3.8) is 0 Å². The van der Waals surface area contributed by atoms with Gasteiger partial charge in [-0.1, -0.05) is 19.0 Å². The number of amides is 1. The number of rotatable bonds is 6. The molecule has 162 valence electrons. The molecule has 2 fully saturated rings. The van der Waals surface area contributed by atoms with Crippen LogP contribution in [0.2, 0.25) is 0 Å². The Morgan fingerprint density at radius 1 is 1.28 bits per heavy atom. The molecule has 1 amide bonds. The van der Waals surface area contributed by atoms with Gasteiger partial charge in [-0.2, -0.15) is 16.7 Å². The molecule has 1 saturated heterocycles. The standard InChI is InChI=1S/C20H34N6O2S/c1-14(2)18-24-17(28-25-18)8-9-22-20(21-3)23-16-6-4-15(5-7-16)19(27)26-10-12-29-13-11-26/h14-16H,4-13H2,1-3H3,(H2,21,22,23). The summed E-state index contributed by atoms with van der Waals surface area (Å²) in [5.41, 5.74) is 0. The number of aromatic nitrogens is 2. The van der Waals surface area contributed by atoms with Gasteiger partial charge in [0, 0.05) is 62.5 Å². The second-order valence-corrected chi connectivity index (χ2v) is 9.31. The summed E-state index contributed by atoms with van der Waals surface area (Å²) >= 11 is 1.94. The van der Waals surface area contributed by atoms with Crippen LogP contribution in [0.25, 0.3) is 0 Å². The number of hydrogen-bond acceptors (Lipinski definition) is 6. The van der Waals surface area contributed by atoms with Gasteiger partial charge in [0.2, 0.25) is 11.8 Å². The minimum Gasteiger partial charge on any atom is -0.356 e. The number of aliphatic imine (C=N–C) groups is 1. The summed E-state index contributed by atoms with van der Waals surface area (Å²) in [7, 11) is 1.78. The van der Waals surface area contributed by atoms with Crippen LogP contribution in [0.3, 0.4) is 0 Å². The highest BCUT2D eigenvalue weighted by atomic mass is 32.2. The topological polar surface area (TPSA) is 95.6 Å². The van der Waals surface area contributed by atoms with Crippen molar-refractivity contribution in [2.75, 3.05) is 38.2 Å². The smallest absolute Gasteiger partial charge is 0.228 e. The minimum absolute atomic E-state index is 0.193. The van der Waals surface area contributed by atoms with Gasteiger partial charge in [-0.05, 0) is 25.7 Å². The molecule has 1 aliphatic heterocycles. The molecule has 2 aliphatic rings. The summed E-state index contributed by atoms with van der Waals surface area (Å²) in [6, 6.07) is 0.359. The first-order valence-corrected chi connectivity index (χ1v) is 11.9. The van der Waals surface area contributed by atoms with Crippen molar-refractivity contribution >= 4 is 23.6 Å². The van der Waals surface area contributed by atoms with Crippen LogP contribution in [-0.4, -0.2) is 71.1 Å². The predicted molar refractivity (Wildman–Crippen MR) is 116 cm³/mol. The third-order valence-corrected chi connectivity index (χ3v) is 6.54. The molecule has 29 heavy (non-hydrogen) atoms. The van der Waals surface area contributed by atoms with Crippen LogP contribution in [0, 0.1) is 5.92 Å². The molecular weight excluding hydrogens is 388 g/mol. The van der Waals surface area contributed by atoms with Crippen LogP contribution in [0.4, 0.5) is 0 Å². The maximum Gasteiger partial charge on any atom is 0.228 e. The van der Waals surface area contributed by atoms with Crippen molar-refractivity contribution in [1.29, 1.82) is 0 Å². The first kappa shape index (κ1) is 21.9. The molecule has 1 saturated carbocycles. The lowest BCUT2D eigenvalue weighted by Gasteiger charge is -2.34. The summed E-state index contributed by atoms with van der Waals surface area (Å²) in [5, 5.41) is 10.8. The van der Waals surface area contributed by atoms with Gasteiger partial charge in [0.1, 0.15) is 0 Å². The van der Waals surface area contributed by atoms with E-state index in [0.717, 1.165) is 62.1 Å². The van der Waals surface area contributed by atoms with E-state index in [1.807, 2.05) is 25.6 Å². The van der Waals surface area contributed by atoms with Crippen LogP contribution in [0.5, 0.6) is 0 Å². The van der Waals surface area contributed by atoms with Gasteiger partial charge in [0.25, 0.3) is 0 Å². The zero-order valence-corrected chi connectivity index (χ0v) is 18.6. The van der Waals surface area contributed by atoms with Crippen molar-refractivity contribution in [3.05, 3.63) is 11.7 Å². The molecule has 1 aromatic heterocycles. The van der Waals surface area contributed by atoms with E-state index in [1.165, 1.54) is 0 Å². The van der Waals surface area contributed by atoms with E-state index >= 15 is 0 Å². The van der Waals surface area contributed by atoms with E-state index in [0.29, 0.717) is 30.8 Å². The molecule has 0 bridgehead atoms. The molecule has 1 aliphatic carbocycles. The highest BCUT2D eigenvalue weighted by molar-refractivity contribution is 7.99. The monoisotopic (exact) mass is 422 g/mol. The Bertz CT molecular complexity index is 678. The molecule has 0 radical (unpaired) electrons. The van der Waals surface area contributed by atoms with Crippen LogP contribution in [-0.2, 0) is 11.2 Å². The van der Waals surface area contributed by atoms with Crippen LogP contribution < -0.4 is 10.6 Å². The van der Waals surface area contributed by atoms with E-state index in [-0.39, 0.29) is 11.8 Å². The number of thioether (sulfide) groups is 1. The Morgan fingerprint density at radius 3 is 2.62 bits per heavy atom. The summed E-state index contributed by atoms with van der Waals surface area (Å²) in [5.74, 6) is 5.16. The molecular formula is C20H34N6O2S. The first-order chi connectivity index (χ1) is 14.1. The zero-order valence-electron chi connectivity index (χ0n) is 17.8. The Morgan fingerprint density at radius 2 is 2.00 bits per heavy atom. The normalized spacial score (nSPS) is 23.3. The fourth-order valence-electron chi connectivity index (χ4n) is 3.81. The molecule has 3 rings (SSSR count). The largest absolute Gasteiger partial charge is 0.356 e. The lowest BCUT2D eigenvalue weighted by molar-refractivity contribution is -0.136. The van der Waals surface area contributed by atoms with Gasteiger partial charge in [-0.3, -0.25) is 9.79 Å². The maximum absolute atomic E-state index is 12.7. The van der Waals surface area contributed by atoms with Gasteiger partial charge in [0.15, 0.2) is 11.8 Å². The molecule has 8 nitrogen and oxygen atoms in total. The predicted octanol–water partition coefficient (Wildman–Crippen LogP) is 2.03. The van der Waals surface area contributed by atoms with Crippen LogP contribution in [0.15, 0.2) is 9.52 Å². The minimum atomic E-state index is 0.193. The van der Waals surface area contributed by atoms with Crippen LogP contribution >= 0.6 is 11.8 Å². The van der Waals surface area contributed by atoms with Crippen LogP contribution in [0.1, 0.15) is 57.2 Å². The molecule has 0 spiro atoms. The quantitative estimate of drug-likeness (QED) is 0.535. The Hall–Kier alpha value is -1.77. The van der Waals surface area contributed by atoms with Crippen molar-refractivity contribution in [3.8, 4) is 0 Å². The molecule has 1 aromatic rings. The first-order valence-electron chi connectivity index (χ1n) is 10.7. The van der Waals surface area contributed by atoms with E-state index < -0.39 is 0 Å². The molecule has 2 heterocycles. The third-order valence-electron chi connectivity index (χ3n) is 5.60. The lowest BCUT2D eigenvalue weighted by atomic mass is 9.85. The van der Waals surface area contributed by atoms with Crippen molar-refractivity contribution in [1.82, 2.24) is 25.7 Å². The van der Waals surface area contributed by atoms with Crippen molar-refractivity contribution < 1.29 is 9.32 Å². The van der Waals surface area contributed by atoms with Crippen molar-refractivity contribution in [2.24, 2.45) is 10.9 Å². The molecule has 0 unspecified atom stereocenters. The van der Waals surface area contributed by atoms with Crippen molar-refractivity contribution in [2.45, 2.75) is 57.9 Å². The molecule has 0 atom stereocenters. The summed E-state index contributed by atoms with van der Waals surface area (Å²) < 4.78 is 5.28. The average Bonchev–Trinajstić information content (AvgIpc) is 3.23. The summed E-state index contributed by atoms with van der Waals surface area (Å²) in [4.78, 5) is 23.5. The second-order valence-electron chi connectivity index (χ2n) is 8.08. The second kappa shape index (κ2) is 10.8. The number of carbonyl (C=O) groups is 1. The number of nitrogens with zero attached hydrogens (tertiary/aromatic N) is 4. The Kier molecular flexibility index (Phi) is 8.20. The number of hydrogen-bond donors (Lipinski definition) is 2. The molecule has 0 aromatic carbocycles. The Labute approximate surface area is 177 Å². The van der Waals surface area contributed by atoms with Gasteiger partial charge in [0.05, 0.1) is 0 Å². The lowest BCUT2D eigenvalue weighted by Crippen LogP contribution is -2.47. The fraction of sp³-hybridized carbons (Fsp3) is 0.800. The van der Waals surface area contributed by atoms with E-state index in [4.69, 9.17) is 4.52 Å². The van der Waals surface area contributed by atoms with Gasteiger partial charge < -0.3 is 20.1 Å². The fourth-order valence-corrected chi connectivity index (χ4v) is 4.71. The zero-order chi connectivity index (χ0) is 20.6. The van der Waals surface area contributed by atoms with E-state index in [2.05, 4.69) is 30.7 Å². The average molecular weight is 423 g/mol. The molecule has 9 heteroatoms. The van der Waals surface area contributed by atoms with Gasteiger partial charge in [-0.25, -0.2) is 0 Å². The Balaban J connectivity index is 1.37. The number of nitrogens with one attached hydrogen (secondary N) is 2. The summed E-state index contributed by atoms with van der Waals surface area (Å²) in [6.45, 7) is 6.60. The third kappa shape index (κ3) is 6.35. The SMILES string of the molecule is CN=C(NCCc1nc(C(C)C)no1)NC1CCC(C(=O)N2CCSCC2)CC1. The van der Waals surface area contributed by atoms with E-state index in [1.54, 1.807) is 7.05 Å². The summed E-state index contributed by atoms with van der Waals surface area (Å²) in [6.07, 6.45) is 4.58. The van der Waals surface area contributed by atoms with Gasteiger partial charge in [-0.15, -0.1) is 0 Å². The van der Waals surface area contributed by atoms with E-state index in [9.17, 15) is 4.79 Å². The number of carbonyl (C=O) groups excluding carboxylic acids is 1. The molecule has 2 N–H and O–H groups in total. The highest BCUT2D eigenvalue weighted by Gasteiger charge is 2.30.